The largest absolute Gasteiger partial charge is 0.298 e. The van der Waals surface area contributed by atoms with Crippen molar-refractivity contribution in [2.45, 2.75) is 13.8 Å². The van der Waals surface area contributed by atoms with Gasteiger partial charge in [-0.1, -0.05) is 29.0 Å². The van der Waals surface area contributed by atoms with E-state index in [4.69, 9.17) is 0 Å². The maximum absolute atomic E-state index is 12.3. The number of thiazole rings is 1. The number of fused-ring (bicyclic) bond motifs is 1. The summed E-state index contributed by atoms with van der Waals surface area (Å²) in [6.07, 6.45) is 0. The Morgan fingerprint density at radius 3 is 2.56 bits per heavy atom. The summed E-state index contributed by atoms with van der Waals surface area (Å²) in [6, 6.07) is 12.4. The van der Waals surface area contributed by atoms with Crippen LogP contribution in [0, 0.1) is 6.92 Å². The molecule has 3 rings (SSSR count). The second-order valence-electron chi connectivity index (χ2n) is 5.53. The van der Waals surface area contributed by atoms with Crippen molar-refractivity contribution < 1.29 is 13.2 Å². The molecule has 0 aliphatic carbocycles. The van der Waals surface area contributed by atoms with Gasteiger partial charge in [-0.05, 0) is 44.2 Å². The smallest absolute Gasteiger partial charge is 0.257 e. The molecule has 0 aliphatic heterocycles. The molecule has 130 valence electrons. The van der Waals surface area contributed by atoms with Gasteiger partial charge in [0.05, 0.1) is 21.7 Å². The zero-order valence-electron chi connectivity index (χ0n) is 13.7. The summed E-state index contributed by atoms with van der Waals surface area (Å²) in [6.45, 7) is 3.53. The molecule has 0 aliphatic rings. The number of carbonyl (C=O) groups is 1. The molecule has 1 heterocycles. The number of benzene rings is 2. The van der Waals surface area contributed by atoms with Gasteiger partial charge in [0.15, 0.2) is 5.13 Å². The maximum Gasteiger partial charge on any atom is 0.257 e. The summed E-state index contributed by atoms with van der Waals surface area (Å²) in [5, 5.41) is 3.24. The minimum Gasteiger partial charge on any atom is -0.298 e. The summed E-state index contributed by atoms with van der Waals surface area (Å²) in [5.74, 6) is -0.231. The number of anilines is 2. The Balaban J connectivity index is 1.81. The SMILES string of the molecule is CCS(=O)(=O)Nc1ccc2sc(NC(=O)c3ccc(C)cc3)nc2c1. The quantitative estimate of drug-likeness (QED) is 0.713. The zero-order chi connectivity index (χ0) is 18.0. The minimum absolute atomic E-state index is 0.0000398. The van der Waals surface area contributed by atoms with Crippen LogP contribution in [0.2, 0.25) is 0 Å². The van der Waals surface area contributed by atoms with E-state index in [2.05, 4.69) is 15.0 Å². The molecule has 0 atom stereocenters. The Morgan fingerprint density at radius 1 is 1.16 bits per heavy atom. The Hall–Kier alpha value is -2.45. The Morgan fingerprint density at radius 2 is 1.88 bits per heavy atom. The van der Waals surface area contributed by atoms with E-state index in [0.717, 1.165) is 10.3 Å². The second-order valence-corrected chi connectivity index (χ2v) is 8.57. The number of carbonyl (C=O) groups excluding carboxylic acids is 1. The normalized spacial score (nSPS) is 11.4. The molecule has 0 bridgehead atoms. The van der Waals surface area contributed by atoms with Crippen LogP contribution in [-0.2, 0) is 10.0 Å². The van der Waals surface area contributed by atoms with Crippen LogP contribution in [-0.4, -0.2) is 25.1 Å². The molecule has 2 N–H and O–H groups in total. The van der Waals surface area contributed by atoms with Crippen LogP contribution < -0.4 is 10.0 Å². The van der Waals surface area contributed by atoms with E-state index in [-0.39, 0.29) is 11.7 Å². The number of amides is 1. The Labute approximate surface area is 150 Å². The molecule has 3 aromatic rings. The molecule has 0 unspecified atom stereocenters. The first kappa shape index (κ1) is 17.4. The average Bonchev–Trinajstić information content (AvgIpc) is 2.96. The predicted molar refractivity (Wildman–Crippen MR) is 102 cm³/mol. The molecule has 0 spiro atoms. The number of hydrogen-bond donors (Lipinski definition) is 2. The molecule has 25 heavy (non-hydrogen) atoms. The van der Waals surface area contributed by atoms with E-state index in [0.29, 0.717) is 21.9 Å². The molecule has 2 aromatic carbocycles. The van der Waals surface area contributed by atoms with Crippen LogP contribution in [0.25, 0.3) is 10.2 Å². The van der Waals surface area contributed by atoms with Crippen molar-refractivity contribution in [3.8, 4) is 0 Å². The van der Waals surface area contributed by atoms with Crippen molar-refractivity contribution in [2.24, 2.45) is 0 Å². The fraction of sp³-hybridized carbons (Fsp3) is 0.176. The third-order valence-corrected chi connectivity index (χ3v) is 5.83. The molecular weight excluding hydrogens is 358 g/mol. The number of aromatic nitrogens is 1. The van der Waals surface area contributed by atoms with Crippen molar-refractivity contribution >= 4 is 48.3 Å². The van der Waals surface area contributed by atoms with E-state index in [1.54, 1.807) is 37.3 Å². The average molecular weight is 375 g/mol. The summed E-state index contributed by atoms with van der Waals surface area (Å²) in [7, 11) is -3.34. The molecule has 1 aromatic heterocycles. The van der Waals surface area contributed by atoms with Crippen molar-refractivity contribution in [1.29, 1.82) is 0 Å². The maximum atomic E-state index is 12.3. The summed E-state index contributed by atoms with van der Waals surface area (Å²) in [4.78, 5) is 16.6. The highest BCUT2D eigenvalue weighted by Crippen LogP contribution is 2.28. The number of sulfonamides is 1. The lowest BCUT2D eigenvalue weighted by molar-refractivity contribution is 0.102. The topological polar surface area (TPSA) is 88.2 Å². The fourth-order valence-corrected chi connectivity index (χ4v) is 3.64. The number of nitrogens with zero attached hydrogens (tertiary/aromatic N) is 1. The van der Waals surface area contributed by atoms with Gasteiger partial charge in [0.2, 0.25) is 10.0 Å². The third-order valence-electron chi connectivity index (χ3n) is 3.58. The first-order chi connectivity index (χ1) is 11.9. The highest BCUT2D eigenvalue weighted by molar-refractivity contribution is 7.92. The lowest BCUT2D eigenvalue weighted by atomic mass is 10.1. The molecule has 8 heteroatoms. The van der Waals surface area contributed by atoms with E-state index >= 15 is 0 Å². The van der Waals surface area contributed by atoms with Gasteiger partial charge in [0.1, 0.15) is 0 Å². The summed E-state index contributed by atoms with van der Waals surface area (Å²) >= 11 is 1.34. The van der Waals surface area contributed by atoms with Crippen LogP contribution in [0.1, 0.15) is 22.8 Å². The second kappa shape index (κ2) is 6.81. The molecule has 0 saturated heterocycles. The monoisotopic (exact) mass is 375 g/mol. The molecule has 0 fully saturated rings. The third kappa shape index (κ3) is 4.15. The van der Waals surface area contributed by atoms with Gasteiger partial charge in [-0.2, -0.15) is 0 Å². The van der Waals surface area contributed by atoms with Crippen molar-refractivity contribution in [1.82, 2.24) is 4.98 Å². The first-order valence-corrected chi connectivity index (χ1v) is 10.1. The molecule has 0 radical (unpaired) electrons. The van der Waals surface area contributed by atoms with Crippen LogP contribution in [0.3, 0.4) is 0 Å². The molecule has 6 nitrogen and oxygen atoms in total. The van der Waals surface area contributed by atoms with Crippen LogP contribution >= 0.6 is 11.3 Å². The van der Waals surface area contributed by atoms with Gasteiger partial charge < -0.3 is 0 Å². The molecule has 1 amide bonds. The van der Waals surface area contributed by atoms with Crippen molar-refractivity contribution in [2.75, 3.05) is 15.8 Å². The highest BCUT2D eigenvalue weighted by atomic mass is 32.2. The van der Waals surface area contributed by atoms with Crippen molar-refractivity contribution in [3.63, 3.8) is 0 Å². The van der Waals surface area contributed by atoms with Crippen LogP contribution in [0.15, 0.2) is 42.5 Å². The van der Waals surface area contributed by atoms with E-state index in [1.165, 1.54) is 11.3 Å². The van der Waals surface area contributed by atoms with Crippen molar-refractivity contribution in [3.05, 3.63) is 53.6 Å². The van der Waals surface area contributed by atoms with Gasteiger partial charge >= 0.3 is 0 Å². The standard InChI is InChI=1S/C17H17N3O3S2/c1-3-25(22,23)20-13-8-9-15-14(10-13)18-17(24-15)19-16(21)12-6-4-11(2)5-7-12/h4-10,20H,3H2,1-2H3,(H,18,19,21). The minimum atomic E-state index is -3.34. The Kier molecular flexibility index (Phi) is 4.73. The van der Waals surface area contributed by atoms with E-state index in [9.17, 15) is 13.2 Å². The van der Waals surface area contributed by atoms with E-state index < -0.39 is 10.0 Å². The summed E-state index contributed by atoms with van der Waals surface area (Å²) < 4.78 is 26.7. The zero-order valence-corrected chi connectivity index (χ0v) is 15.4. The lowest BCUT2D eigenvalue weighted by Gasteiger charge is -2.04. The number of hydrogen-bond acceptors (Lipinski definition) is 5. The van der Waals surface area contributed by atoms with Gasteiger partial charge in [0.25, 0.3) is 5.91 Å². The van der Waals surface area contributed by atoms with Crippen LogP contribution in [0.4, 0.5) is 10.8 Å². The highest BCUT2D eigenvalue weighted by Gasteiger charge is 2.12. The van der Waals surface area contributed by atoms with Crippen LogP contribution in [0.5, 0.6) is 0 Å². The predicted octanol–water partition coefficient (Wildman–Crippen LogP) is 3.62. The number of nitrogens with one attached hydrogen (secondary N) is 2. The Bertz CT molecular complexity index is 1020. The number of rotatable bonds is 5. The fourth-order valence-electron chi connectivity index (χ4n) is 2.17. The van der Waals surface area contributed by atoms with Gasteiger partial charge in [0, 0.05) is 5.56 Å². The molecule has 0 saturated carbocycles. The lowest BCUT2D eigenvalue weighted by Crippen LogP contribution is -2.14. The van der Waals surface area contributed by atoms with Gasteiger partial charge in [-0.3, -0.25) is 14.8 Å². The van der Waals surface area contributed by atoms with E-state index in [1.807, 2.05) is 19.1 Å². The number of aryl methyl sites for hydroxylation is 1. The van der Waals surface area contributed by atoms with Gasteiger partial charge in [-0.15, -0.1) is 0 Å². The van der Waals surface area contributed by atoms with Gasteiger partial charge in [-0.25, -0.2) is 13.4 Å². The molecular formula is C17H17N3O3S2. The first-order valence-electron chi connectivity index (χ1n) is 7.65. The summed E-state index contributed by atoms with van der Waals surface area (Å²) in [5.41, 5.74) is 2.72.